The molecule has 0 aliphatic heterocycles. The fraction of sp³-hybridized carbons (Fsp3) is 0.154. The Bertz CT molecular complexity index is 588. The lowest BCUT2D eigenvalue weighted by Crippen LogP contribution is -1.99. The molecule has 0 spiro atoms. The van der Waals surface area contributed by atoms with Gasteiger partial charge in [-0.1, -0.05) is 28.1 Å². The number of hydrogen-bond donors (Lipinski definition) is 2. The maximum atomic E-state index is 10.7. The zero-order valence-corrected chi connectivity index (χ0v) is 11.1. The van der Waals surface area contributed by atoms with Crippen molar-refractivity contribution in [1.82, 2.24) is 0 Å². The quantitative estimate of drug-likeness (QED) is 0.913. The monoisotopic (exact) mass is 310 g/mol. The first kappa shape index (κ1) is 12.9. The Hall–Kier alpha value is -1.59. The number of halogens is 1. The molecule has 1 atom stereocenters. The predicted octanol–water partition coefficient (Wildman–Crippen LogP) is 3.13. The van der Waals surface area contributed by atoms with E-state index in [2.05, 4.69) is 15.9 Å². The second-order valence-electron chi connectivity index (χ2n) is 3.92. The molecule has 0 fully saturated rings. The van der Waals surface area contributed by atoms with Crippen molar-refractivity contribution < 1.29 is 19.4 Å². The summed E-state index contributed by atoms with van der Waals surface area (Å²) in [5, 5.41) is 18.8. The van der Waals surface area contributed by atoms with Gasteiger partial charge in [-0.3, -0.25) is 0 Å². The minimum Gasteiger partial charge on any atom is -0.475 e. The topological polar surface area (TPSA) is 70.7 Å². The molecule has 0 aliphatic rings. The third-order valence-electron chi connectivity index (χ3n) is 2.60. The van der Waals surface area contributed by atoms with Crippen molar-refractivity contribution in [2.45, 2.75) is 13.0 Å². The second kappa shape index (κ2) is 4.96. The Morgan fingerprint density at radius 3 is 2.61 bits per heavy atom. The van der Waals surface area contributed by atoms with Crippen LogP contribution in [0.1, 0.15) is 33.5 Å². The Morgan fingerprint density at radius 1 is 1.33 bits per heavy atom. The van der Waals surface area contributed by atoms with Gasteiger partial charge >= 0.3 is 5.97 Å². The number of carboxylic acids is 1. The zero-order valence-electron chi connectivity index (χ0n) is 9.55. The molecule has 94 valence electrons. The van der Waals surface area contributed by atoms with E-state index in [9.17, 15) is 9.90 Å². The molecule has 5 heteroatoms. The minimum absolute atomic E-state index is 0.183. The van der Waals surface area contributed by atoms with E-state index < -0.39 is 12.1 Å². The van der Waals surface area contributed by atoms with Crippen LogP contribution in [-0.2, 0) is 0 Å². The SMILES string of the molecule is Cc1cc(C(O)c2ccc(C(=O)O)o2)ccc1Br. The summed E-state index contributed by atoms with van der Waals surface area (Å²) in [6, 6.07) is 8.19. The summed E-state index contributed by atoms with van der Waals surface area (Å²) in [7, 11) is 0. The first-order chi connectivity index (χ1) is 8.49. The van der Waals surface area contributed by atoms with Gasteiger partial charge in [0.1, 0.15) is 11.9 Å². The highest BCUT2D eigenvalue weighted by Crippen LogP contribution is 2.27. The molecule has 1 heterocycles. The lowest BCUT2D eigenvalue weighted by Gasteiger charge is -2.09. The molecule has 2 N–H and O–H groups in total. The molecule has 2 aromatic rings. The van der Waals surface area contributed by atoms with Crippen molar-refractivity contribution in [3.63, 3.8) is 0 Å². The zero-order chi connectivity index (χ0) is 13.3. The van der Waals surface area contributed by atoms with Crippen LogP contribution >= 0.6 is 15.9 Å². The van der Waals surface area contributed by atoms with Gasteiger partial charge in [-0.05, 0) is 36.2 Å². The van der Waals surface area contributed by atoms with Gasteiger partial charge in [0.05, 0.1) is 0 Å². The van der Waals surface area contributed by atoms with Crippen LogP contribution in [0.2, 0.25) is 0 Å². The van der Waals surface area contributed by atoms with E-state index >= 15 is 0 Å². The molecule has 0 amide bonds. The number of rotatable bonds is 3. The highest BCUT2D eigenvalue weighted by atomic mass is 79.9. The van der Waals surface area contributed by atoms with Crippen LogP contribution in [0.25, 0.3) is 0 Å². The number of aliphatic hydroxyl groups is 1. The Kier molecular flexibility index (Phi) is 3.54. The molecule has 0 saturated heterocycles. The summed E-state index contributed by atoms with van der Waals surface area (Å²) in [4.78, 5) is 10.7. The van der Waals surface area contributed by atoms with E-state index in [-0.39, 0.29) is 11.5 Å². The van der Waals surface area contributed by atoms with Gasteiger partial charge in [0.25, 0.3) is 0 Å². The van der Waals surface area contributed by atoms with Crippen molar-refractivity contribution >= 4 is 21.9 Å². The van der Waals surface area contributed by atoms with Crippen LogP contribution in [0.3, 0.4) is 0 Å². The minimum atomic E-state index is -1.15. The fourth-order valence-corrected chi connectivity index (χ4v) is 1.86. The molecule has 0 saturated carbocycles. The normalized spacial score (nSPS) is 12.4. The maximum absolute atomic E-state index is 10.7. The van der Waals surface area contributed by atoms with E-state index in [1.165, 1.54) is 12.1 Å². The number of hydrogen-bond acceptors (Lipinski definition) is 3. The van der Waals surface area contributed by atoms with Gasteiger partial charge in [-0.2, -0.15) is 0 Å². The molecular weight excluding hydrogens is 300 g/mol. The third-order valence-corrected chi connectivity index (χ3v) is 3.49. The van der Waals surface area contributed by atoms with Crippen LogP contribution in [0.5, 0.6) is 0 Å². The highest BCUT2D eigenvalue weighted by molar-refractivity contribution is 9.10. The molecule has 0 radical (unpaired) electrons. The van der Waals surface area contributed by atoms with Gasteiger partial charge in [0.2, 0.25) is 5.76 Å². The Labute approximate surface area is 112 Å². The van der Waals surface area contributed by atoms with Gasteiger partial charge in [0.15, 0.2) is 0 Å². The van der Waals surface area contributed by atoms with E-state index in [1.54, 1.807) is 6.07 Å². The lowest BCUT2D eigenvalue weighted by molar-refractivity contribution is 0.0655. The van der Waals surface area contributed by atoms with E-state index in [1.807, 2.05) is 19.1 Å². The van der Waals surface area contributed by atoms with Crippen LogP contribution in [0.15, 0.2) is 39.2 Å². The number of aliphatic hydroxyl groups excluding tert-OH is 1. The molecule has 1 aromatic carbocycles. The molecule has 0 aliphatic carbocycles. The molecule has 18 heavy (non-hydrogen) atoms. The lowest BCUT2D eigenvalue weighted by atomic mass is 10.1. The molecule has 1 unspecified atom stereocenters. The second-order valence-corrected chi connectivity index (χ2v) is 4.77. The predicted molar refractivity (Wildman–Crippen MR) is 68.6 cm³/mol. The van der Waals surface area contributed by atoms with Gasteiger partial charge in [-0.25, -0.2) is 4.79 Å². The van der Waals surface area contributed by atoms with E-state index in [0.717, 1.165) is 10.0 Å². The van der Waals surface area contributed by atoms with Crippen LogP contribution in [0.4, 0.5) is 0 Å². The summed E-state index contributed by atoms with van der Waals surface area (Å²) < 4.78 is 6.02. The standard InChI is InChI=1S/C13H11BrO4/c1-7-6-8(2-3-9(7)14)12(15)10-4-5-11(18-10)13(16)17/h2-6,12,15H,1H3,(H,16,17). The molecule has 0 bridgehead atoms. The molecular formula is C13H11BrO4. The van der Waals surface area contributed by atoms with Crippen LogP contribution in [0, 0.1) is 6.92 Å². The van der Waals surface area contributed by atoms with Gasteiger partial charge < -0.3 is 14.6 Å². The first-order valence-corrected chi connectivity index (χ1v) is 6.05. The van der Waals surface area contributed by atoms with Crippen molar-refractivity contribution in [2.75, 3.05) is 0 Å². The number of carboxylic acid groups (broad SMARTS) is 1. The van der Waals surface area contributed by atoms with Gasteiger partial charge in [-0.15, -0.1) is 0 Å². The summed E-state index contributed by atoms with van der Waals surface area (Å²) in [5.41, 5.74) is 1.64. The fourth-order valence-electron chi connectivity index (χ4n) is 1.62. The van der Waals surface area contributed by atoms with Crippen LogP contribution < -0.4 is 0 Å². The largest absolute Gasteiger partial charge is 0.475 e. The molecule has 2 rings (SSSR count). The number of carbonyl (C=O) groups is 1. The summed E-state index contributed by atoms with van der Waals surface area (Å²) >= 11 is 3.38. The van der Waals surface area contributed by atoms with Crippen molar-refractivity contribution in [3.05, 3.63) is 57.5 Å². The molecule has 1 aromatic heterocycles. The van der Waals surface area contributed by atoms with Crippen molar-refractivity contribution in [2.24, 2.45) is 0 Å². The smallest absolute Gasteiger partial charge is 0.371 e. The van der Waals surface area contributed by atoms with Gasteiger partial charge in [0, 0.05) is 4.47 Å². The van der Waals surface area contributed by atoms with E-state index in [0.29, 0.717) is 5.56 Å². The van der Waals surface area contributed by atoms with E-state index in [4.69, 9.17) is 9.52 Å². The summed E-state index contributed by atoms with van der Waals surface area (Å²) in [6.07, 6.45) is -0.968. The Morgan fingerprint density at radius 2 is 2.06 bits per heavy atom. The average molecular weight is 311 g/mol. The summed E-state index contributed by atoms with van der Waals surface area (Å²) in [5.74, 6) is -1.12. The molecule has 4 nitrogen and oxygen atoms in total. The Balaban J connectivity index is 2.31. The number of benzene rings is 1. The number of furan rings is 1. The van der Waals surface area contributed by atoms with Crippen LogP contribution in [-0.4, -0.2) is 16.2 Å². The van der Waals surface area contributed by atoms with Crippen molar-refractivity contribution in [3.8, 4) is 0 Å². The number of aryl methyl sites for hydroxylation is 1. The average Bonchev–Trinajstić information content (AvgIpc) is 2.81. The summed E-state index contributed by atoms with van der Waals surface area (Å²) in [6.45, 7) is 1.91. The number of aromatic carboxylic acids is 1. The maximum Gasteiger partial charge on any atom is 0.371 e. The first-order valence-electron chi connectivity index (χ1n) is 5.26. The van der Waals surface area contributed by atoms with Crippen molar-refractivity contribution in [1.29, 1.82) is 0 Å². The third kappa shape index (κ3) is 2.47. The highest BCUT2D eigenvalue weighted by Gasteiger charge is 2.17.